The summed E-state index contributed by atoms with van der Waals surface area (Å²) in [6.45, 7) is 4.27. The van der Waals surface area contributed by atoms with Crippen molar-refractivity contribution >= 4 is 11.6 Å². The van der Waals surface area contributed by atoms with E-state index in [0.29, 0.717) is 23.9 Å². The van der Waals surface area contributed by atoms with E-state index in [4.69, 9.17) is 0 Å². The molecule has 1 fully saturated rings. The number of aromatic hydroxyl groups is 1. The standard InChI is InChI=1S/C15H22N2O2/c1-11(12-5-7-16-8-6-12)9-15(19)17-13-3-2-4-14(18)10-13/h2-4,10-12,16,18H,5-9H2,1H3,(H,17,19). The maximum atomic E-state index is 12.0. The molecule has 4 heteroatoms. The van der Waals surface area contributed by atoms with E-state index in [0.717, 1.165) is 25.9 Å². The number of carbonyl (C=O) groups excluding carboxylic acids is 1. The number of rotatable bonds is 4. The van der Waals surface area contributed by atoms with Crippen LogP contribution in [0, 0.1) is 11.8 Å². The fourth-order valence-corrected chi connectivity index (χ4v) is 2.67. The van der Waals surface area contributed by atoms with Gasteiger partial charge in [0.2, 0.25) is 5.91 Å². The van der Waals surface area contributed by atoms with Crippen LogP contribution in [-0.2, 0) is 4.79 Å². The van der Waals surface area contributed by atoms with Gasteiger partial charge in [0.15, 0.2) is 0 Å². The van der Waals surface area contributed by atoms with Crippen molar-refractivity contribution in [1.82, 2.24) is 5.32 Å². The van der Waals surface area contributed by atoms with Gasteiger partial charge in [0.05, 0.1) is 0 Å². The summed E-state index contributed by atoms with van der Waals surface area (Å²) in [4.78, 5) is 12.0. The highest BCUT2D eigenvalue weighted by Crippen LogP contribution is 2.25. The highest BCUT2D eigenvalue weighted by Gasteiger charge is 2.21. The summed E-state index contributed by atoms with van der Waals surface area (Å²) < 4.78 is 0. The molecule has 0 bridgehead atoms. The molecule has 2 rings (SSSR count). The first kappa shape index (κ1) is 13.9. The molecule has 104 valence electrons. The molecule has 0 spiro atoms. The summed E-state index contributed by atoms with van der Waals surface area (Å²) in [6.07, 6.45) is 2.85. The van der Waals surface area contributed by atoms with E-state index in [9.17, 15) is 9.90 Å². The molecular weight excluding hydrogens is 240 g/mol. The molecule has 0 saturated carbocycles. The molecule has 0 aliphatic carbocycles. The summed E-state index contributed by atoms with van der Waals surface area (Å²) in [5, 5.41) is 15.5. The van der Waals surface area contributed by atoms with Gasteiger partial charge < -0.3 is 15.7 Å². The minimum absolute atomic E-state index is 0.0247. The third-order valence-corrected chi connectivity index (χ3v) is 3.83. The molecule has 0 aromatic heterocycles. The average Bonchev–Trinajstić information content (AvgIpc) is 2.39. The second-order valence-corrected chi connectivity index (χ2v) is 5.37. The van der Waals surface area contributed by atoms with Crippen molar-refractivity contribution in [3.63, 3.8) is 0 Å². The van der Waals surface area contributed by atoms with Crippen LogP contribution in [0.5, 0.6) is 5.75 Å². The lowest BCUT2D eigenvalue weighted by molar-refractivity contribution is -0.117. The second kappa shape index (κ2) is 6.57. The van der Waals surface area contributed by atoms with Crippen molar-refractivity contribution in [1.29, 1.82) is 0 Å². The van der Waals surface area contributed by atoms with E-state index >= 15 is 0 Å². The first-order valence-corrected chi connectivity index (χ1v) is 6.95. The Morgan fingerprint density at radius 1 is 1.47 bits per heavy atom. The minimum Gasteiger partial charge on any atom is -0.508 e. The lowest BCUT2D eigenvalue weighted by atomic mass is 9.84. The molecule has 19 heavy (non-hydrogen) atoms. The first-order chi connectivity index (χ1) is 9.15. The molecule has 1 aromatic carbocycles. The number of piperidine rings is 1. The van der Waals surface area contributed by atoms with Crippen LogP contribution in [0.3, 0.4) is 0 Å². The number of hydrogen-bond donors (Lipinski definition) is 3. The van der Waals surface area contributed by atoms with Crippen molar-refractivity contribution in [2.45, 2.75) is 26.2 Å². The van der Waals surface area contributed by atoms with Gasteiger partial charge in [-0.1, -0.05) is 13.0 Å². The maximum absolute atomic E-state index is 12.0. The predicted molar refractivity (Wildman–Crippen MR) is 76.1 cm³/mol. The Bertz CT molecular complexity index is 428. The molecule has 1 aliphatic rings. The zero-order chi connectivity index (χ0) is 13.7. The smallest absolute Gasteiger partial charge is 0.224 e. The minimum atomic E-state index is 0.0247. The summed E-state index contributed by atoms with van der Waals surface area (Å²) in [7, 11) is 0. The molecule has 4 nitrogen and oxygen atoms in total. The Labute approximate surface area is 114 Å². The Morgan fingerprint density at radius 3 is 2.89 bits per heavy atom. The molecule has 1 heterocycles. The highest BCUT2D eigenvalue weighted by atomic mass is 16.3. The van der Waals surface area contributed by atoms with Crippen LogP contribution in [0.15, 0.2) is 24.3 Å². The SMILES string of the molecule is CC(CC(=O)Nc1cccc(O)c1)C1CCNCC1. The van der Waals surface area contributed by atoms with E-state index in [1.807, 2.05) is 0 Å². The third-order valence-electron chi connectivity index (χ3n) is 3.83. The van der Waals surface area contributed by atoms with Gasteiger partial charge in [0.25, 0.3) is 0 Å². The van der Waals surface area contributed by atoms with Crippen LogP contribution in [0.25, 0.3) is 0 Å². The normalized spacial score (nSPS) is 17.9. The molecule has 1 unspecified atom stereocenters. The van der Waals surface area contributed by atoms with E-state index in [-0.39, 0.29) is 11.7 Å². The molecule has 1 aliphatic heterocycles. The Balaban J connectivity index is 1.83. The van der Waals surface area contributed by atoms with Crippen LogP contribution in [0.2, 0.25) is 0 Å². The molecule has 1 aromatic rings. The number of amides is 1. The lowest BCUT2D eigenvalue weighted by Gasteiger charge is -2.27. The van der Waals surface area contributed by atoms with Gasteiger partial charge in [0.1, 0.15) is 5.75 Å². The van der Waals surface area contributed by atoms with E-state index in [1.165, 1.54) is 0 Å². The number of phenolic OH excluding ortho intramolecular Hbond substituents is 1. The van der Waals surface area contributed by atoms with Gasteiger partial charge in [-0.15, -0.1) is 0 Å². The first-order valence-electron chi connectivity index (χ1n) is 6.95. The summed E-state index contributed by atoms with van der Waals surface area (Å²) in [6, 6.07) is 6.66. The number of hydrogen-bond acceptors (Lipinski definition) is 3. The highest BCUT2D eigenvalue weighted by molar-refractivity contribution is 5.91. The van der Waals surface area contributed by atoms with Gasteiger partial charge in [-0.2, -0.15) is 0 Å². The largest absolute Gasteiger partial charge is 0.508 e. The predicted octanol–water partition coefficient (Wildman–Crippen LogP) is 2.36. The summed E-state index contributed by atoms with van der Waals surface area (Å²) in [5.74, 6) is 1.23. The second-order valence-electron chi connectivity index (χ2n) is 5.37. The number of nitrogens with one attached hydrogen (secondary N) is 2. The summed E-state index contributed by atoms with van der Waals surface area (Å²) in [5.41, 5.74) is 0.655. The molecule has 1 saturated heterocycles. The third kappa shape index (κ3) is 4.24. The van der Waals surface area contributed by atoms with Crippen LogP contribution in [0.1, 0.15) is 26.2 Å². The molecule has 1 atom stereocenters. The van der Waals surface area contributed by atoms with E-state index < -0.39 is 0 Å². The molecule has 1 amide bonds. The van der Waals surface area contributed by atoms with Crippen LogP contribution in [0.4, 0.5) is 5.69 Å². The molecule has 3 N–H and O–H groups in total. The van der Waals surface area contributed by atoms with Crippen molar-refractivity contribution in [3.05, 3.63) is 24.3 Å². The zero-order valence-corrected chi connectivity index (χ0v) is 11.4. The van der Waals surface area contributed by atoms with Crippen molar-refractivity contribution < 1.29 is 9.90 Å². The number of benzene rings is 1. The quantitative estimate of drug-likeness (QED) is 0.780. The van der Waals surface area contributed by atoms with E-state index in [2.05, 4.69) is 17.6 Å². The van der Waals surface area contributed by atoms with Crippen LogP contribution in [-0.4, -0.2) is 24.1 Å². The van der Waals surface area contributed by atoms with Crippen molar-refractivity contribution in [2.75, 3.05) is 18.4 Å². The summed E-state index contributed by atoms with van der Waals surface area (Å²) >= 11 is 0. The van der Waals surface area contributed by atoms with E-state index in [1.54, 1.807) is 24.3 Å². The number of anilines is 1. The average molecular weight is 262 g/mol. The van der Waals surface area contributed by atoms with Gasteiger partial charge in [-0.25, -0.2) is 0 Å². The Hall–Kier alpha value is -1.55. The van der Waals surface area contributed by atoms with Crippen molar-refractivity contribution in [3.8, 4) is 5.75 Å². The Morgan fingerprint density at radius 2 is 2.21 bits per heavy atom. The Kier molecular flexibility index (Phi) is 4.80. The van der Waals surface area contributed by atoms with Gasteiger partial charge in [-0.3, -0.25) is 4.79 Å². The maximum Gasteiger partial charge on any atom is 0.224 e. The van der Waals surface area contributed by atoms with Crippen molar-refractivity contribution in [2.24, 2.45) is 11.8 Å². The van der Waals surface area contributed by atoms with Gasteiger partial charge in [-0.05, 0) is 49.9 Å². The number of carbonyl (C=O) groups is 1. The van der Waals surface area contributed by atoms with Gasteiger partial charge >= 0.3 is 0 Å². The number of phenols is 1. The van der Waals surface area contributed by atoms with Gasteiger partial charge in [0, 0.05) is 18.2 Å². The van der Waals surface area contributed by atoms with Crippen LogP contribution < -0.4 is 10.6 Å². The monoisotopic (exact) mass is 262 g/mol. The molecule has 0 radical (unpaired) electrons. The molecular formula is C15H22N2O2. The van der Waals surface area contributed by atoms with Crippen LogP contribution >= 0.6 is 0 Å². The topological polar surface area (TPSA) is 61.4 Å². The fraction of sp³-hybridized carbons (Fsp3) is 0.533. The lowest BCUT2D eigenvalue weighted by Crippen LogP contribution is -2.32. The zero-order valence-electron chi connectivity index (χ0n) is 11.4. The fourth-order valence-electron chi connectivity index (χ4n) is 2.67.